The van der Waals surface area contributed by atoms with E-state index >= 15 is 0 Å². The van der Waals surface area contributed by atoms with Crippen LogP contribution in [-0.4, -0.2) is 18.0 Å². The third-order valence-corrected chi connectivity index (χ3v) is 4.62. The van der Waals surface area contributed by atoms with Gasteiger partial charge in [0, 0.05) is 0 Å². The predicted octanol–water partition coefficient (Wildman–Crippen LogP) is 4.88. The Morgan fingerprint density at radius 2 is 1.21 bits per heavy atom. The Labute approximate surface area is 171 Å². The Kier molecular flexibility index (Phi) is 7.17. The summed E-state index contributed by atoms with van der Waals surface area (Å²) < 4.78 is 11.0. The van der Waals surface area contributed by atoms with Crippen LogP contribution in [0, 0.1) is 0 Å². The monoisotopic (exact) mass is 388 g/mol. The molecule has 0 bridgehead atoms. The molecular formula is C25H24O4. The molecule has 3 aromatic rings. The van der Waals surface area contributed by atoms with Crippen molar-refractivity contribution in [1.82, 2.24) is 0 Å². The van der Waals surface area contributed by atoms with Crippen LogP contribution in [0.3, 0.4) is 0 Å². The van der Waals surface area contributed by atoms with Crippen molar-refractivity contribution < 1.29 is 19.1 Å². The summed E-state index contributed by atoms with van der Waals surface area (Å²) in [5.41, 5.74) is 2.51. The number of hydrogen-bond donors (Lipinski definition) is 0. The molecule has 0 heterocycles. The topological polar surface area (TPSA) is 52.6 Å². The summed E-state index contributed by atoms with van der Waals surface area (Å²) in [6.07, 6.45) is -0.600. The van der Waals surface area contributed by atoms with Gasteiger partial charge in [0.15, 0.2) is 6.10 Å². The SMILES string of the molecule is CC[C@@H](OC(=O)C(c1ccccc1)c1ccccc1)C(=O)OCc1ccccc1. The molecule has 29 heavy (non-hydrogen) atoms. The second-order valence-electron chi connectivity index (χ2n) is 6.68. The molecule has 0 aromatic heterocycles. The highest BCUT2D eigenvalue weighted by atomic mass is 16.6. The minimum Gasteiger partial charge on any atom is -0.458 e. The fourth-order valence-electron chi connectivity index (χ4n) is 3.08. The maximum atomic E-state index is 13.1. The van der Waals surface area contributed by atoms with Gasteiger partial charge in [-0.25, -0.2) is 4.79 Å². The largest absolute Gasteiger partial charge is 0.458 e. The van der Waals surface area contributed by atoms with E-state index in [9.17, 15) is 9.59 Å². The first-order valence-electron chi connectivity index (χ1n) is 9.70. The molecule has 0 aliphatic heterocycles. The first kappa shape index (κ1) is 20.3. The van der Waals surface area contributed by atoms with Gasteiger partial charge >= 0.3 is 11.9 Å². The lowest BCUT2D eigenvalue weighted by Crippen LogP contribution is -2.31. The molecule has 1 atom stereocenters. The highest BCUT2D eigenvalue weighted by molar-refractivity contribution is 5.85. The number of carbonyl (C=O) groups excluding carboxylic acids is 2. The first-order valence-corrected chi connectivity index (χ1v) is 9.70. The Morgan fingerprint density at radius 1 is 0.724 bits per heavy atom. The number of esters is 2. The van der Waals surface area contributed by atoms with E-state index in [4.69, 9.17) is 9.47 Å². The molecule has 3 aromatic carbocycles. The van der Waals surface area contributed by atoms with Crippen molar-refractivity contribution in [3.05, 3.63) is 108 Å². The summed E-state index contributed by atoms with van der Waals surface area (Å²) in [7, 11) is 0. The average Bonchev–Trinajstić information content (AvgIpc) is 2.78. The molecular weight excluding hydrogens is 364 g/mol. The molecule has 3 rings (SSSR count). The maximum Gasteiger partial charge on any atom is 0.347 e. The number of rotatable bonds is 8. The molecule has 148 valence electrons. The lowest BCUT2D eigenvalue weighted by atomic mass is 9.91. The maximum absolute atomic E-state index is 13.1. The van der Waals surface area contributed by atoms with Crippen molar-refractivity contribution in [2.45, 2.75) is 32.0 Å². The fraction of sp³-hybridized carbons (Fsp3) is 0.200. The van der Waals surface area contributed by atoms with Gasteiger partial charge in [-0.05, 0) is 23.1 Å². The molecule has 0 amide bonds. The Bertz CT molecular complexity index is 868. The van der Waals surface area contributed by atoms with Gasteiger partial charge in [-0.2, -0.15) is 0 Å². The number of benzene rings is 3. The van der Waals surface area contributed by atoms with Gasteiger partial charge in [0.05, 0.1) is 0 Å². The van der Waals surface area contributed by atoms with E-state index in [1.807, 2.05) is 91.0 Å². The van der Waals surface area contributed by atoms with Crippen LogP contribution in [0.25, 0.3) is 0 Å². The van der Waals surface area contributed by atoms with Gasteiger partial charge in [-0.15, -0.1) is 0 Å². The molecule has 0 unspecified atom stereocenters. The van der Waals surface area contributed by atoms with E-state index in [1.54, 1.807) is 6.92 Å². The highest BCUT2D eigenvalue weighted by Gasteiger charge is 2.29. The summed E-state index contributed by atoms with van der Waals surface area (Å²) in [6, 6.07) is 28.2. The van der Waals surface area contributed by atoms with Crippen molar-refractivity contribution in [1.29, 1.82) is 0 Å². The lowest BCUT2D eigenvalue weighted by molar-refractivity contribution is -0.169. The van der Waals surface area contributed by atoms with E-state index in [0.717, 1.165) is 16.7 Å². The van der Waals surface area contributed by atoms with Gasteiger partial charge in [0.2, 0.25) is 0 Å². The van der Waals surface area contributed by atoms with Crippen LogP contribution in [0.1, 0.15) is 36.0 Å². The van der Waals surface area contributed by atoms with Crippen LogP contribution in [-0.2, 0) is 25.7 Å². The molecule has 0 spiro atoms. The lowest BCUT2D eigenvalue weighted by Gasteiger charge is -2.21. The minimum atomic E-state index is -0.943. The standard InChI is InChI=1S/C25H24O4/c1-2-22(24(26)28-18-19-12-6-3-7-13-19)29-25(27)23(20-14-8-4-9-15-20)21-16-10-5-11-17-21/h3-17,22-23H,2,18H2,1H3/t22-/m1/s1. The van der Waals surface area contributed by atoms with Crippen molar-refractivity contribution in [3.63, 3.8) is 0 Å². The van der Waals surface area contributed by atoms with Gasteiger partial charge in [0.1, 0.15) is 12.5 Å². The summed E-state index contributed by atoms with van der Waals surface area (Å²) in [5.74, 6) is -1.61. The fourth-order valence-corrected chi connectivity index (χ4v) is 3.08. The van der Waals surface area contributed by atoms with Crippen molar-refractivity contribution >= 4 is 11.9 Å². The summed E-state index contributed by atoms with van der Waals surface area (Å²) in [4.78, 5) is 25.5. The molecule has 0 radical (unpaired) electrons. The number of ether oxygens (including phenoxy) is 2. The first-order chi connectivity index (χ1) is 14.2. The summed E-state index contributed by atoms with van der Waals surface area (Å²) in [6.45, 7) is 1.94. The third kappa shape index (κ3) is 5.55. The number of hydrogen-bond acceptors (Lipinski definition) is 4. The molecule has 0 saturated carbocycles. The molecule has 4 heteroatoms. The van der Waals surface area contributed by atoms with Gasteiger partial charge in [-0.1, -0.05) is 97.9 Å². The molecule has 0 aliphatic carbocycles. The summed E-state index contributed by atoms with van der Waals surface area (Å²) >= 11 is 0. The van der Waals surface area contributed by atoms with E-state index < -0.39 is 24.0 Å². The van der Waals surface area contributed by atoms with Crippen LogP contribution in [0.4, 0.5) is 0 Å². The highest BCUT2D eigenvalue weighted by Crippen LogP contribution is 2.27. The zero-order chi connectivity index (χ0) is 20.5. The average molecular weight is 388 g/mol. The number of carbonyl (C=O) groups is 2. The van der Waals surface area contributed by atoms with E-state index in [-0.39, 0.29) is 6.61 Å². The van der Waals surface area contributed by atoms with E-state index in [0.29, 0.717) is 6.42 Å². The Morgan fingerprint density at radius 3 is 1.69 bits per heavy atom. The van der Waals surface area contributed by atoms with E-state index in [1.165, 1.54) is 0 Å². The van der Waals surface area contributed by atoms with E-state index in [2.05, 4.69) is 0 Å². The summed E-state index contributed by atoms with van der Waals surface area (Å²) in [5, 5.41) is 0. The molecule has 0 aliphatic rings. The van der Waals surface area contributed by atoms with Gasteiger partial charge in [0.25, 0.3) is 0 Å². The Hall–Kier alpha value is -3.40. The molecule has 0 saturated heterocycles. The predicted molar refractivity (Wildman–Crippen MR) is 111 cm³/mol. The smallest absolute Gasteiger partial charge is 0.347 e. The zero-order valence-electron chi connectivity index (χ0n) is 16.4. The Balaban J connectivity index is 1.72. The van der Waals surface area contributed by atoms with Crippen LogP contribution in [0.2, 0.25) is 0 Å². The van der Waals surface area contributed by atoms with Crippen LogP contribution in [0.5, 0.6) is 0 Å². The zero-order valence-corrected chi connectivity index (χ0v) is 16.4. The minimum absolute atomic E-state index is 0.147. The molecule has 4 nitrogen and oxygen atoms in total. The van der Waals surface area contributed by atoms with Crippen LogP contribution >= 0.6 is 0 Å². The van der Waals surface area contributed by atoms with Gasteiger partial charge in [-0.3, -0.25) is 4.79 Å². The second-order valence-corrected chi connectivity index (χ2v) is 6.68. The van der Waals surface area contributed by atoms with Crippen molar-refractivity contribution in [3.8, 4) is 0 Å². The molecule has 0 N–H and O–H groups in total. The van der Waals surface area contributed by atoms with Crippen LogP contribution < -0.4 is 0 Å². The third-order valence-electron chi connectivity index (χ3n) is 4.62. The quantitative estimate of drug-likeness (QED) is 0.516. The normalized spacial score (nSPS) is 11.7. The molecule has 0 fully saturated rings. The van der Waals surface area contributed by atoms with Crippen LogP contribution in [0.15, 0.2) is 91.0 Å². The van der Waals surface area contributed by atoms with Gasteiger partial charge < -0.3 is 9.47 Å². The van der Waals surface area contributed by atoms with Crippen molar-refractivity contribution in [2.75, 3.05) is 0 Å². The van der Waals surface area contributed by atoms with Crippen molar-refractivity contribution in [2.24, 2.45) is 0 Å². The second kappa shape index (κ2) is 10.2.